The van der Waals surface area contributed by atoms with Crippen molar-refractivity contribution in [2.45, 2.75) is 13.0 Å². The third-order valence-electron chi connectivity index (χ3n) is 1.43. The van der Waals surface area contributed by atoms with E-state index < -0.39 is 12.0 Å². The number of hydrogen-bond acceptors (Lipinski definition) is 2. The first kappa shape index (κ1) is 10.3. The van der Waals surface area contributed by atoms with Crippen molar-refractivity contribution in [1.29, 1.82) is 0 Å². The second-order valence-corrected chi connectivity index (χ2v) is 2.77. The summed E-state index contributed by atoms with van der Waals surface area (Å²) in [7, 11) is 0. The summed E-state index contributed by atoms with van der Waals surface area (Å²) in [6, 6.07) is 9.02. The lowest BCUT2D eigenvalue weighted by atomic mass is 10.3. The number of hydrogen-bond donors (Lipinski definition) is 2. The molecule has 0 aliphatic carbocycles. The Kier molecular flexibility index (Phi) is 3.71. The lowest BCUT2D eigenvalue weighted by Gasteiger charge is -1.98. The van der Waals surface area contributed by atoms with Crippen LogP contribution in [0.3, 0.4) is 0 Å². The van der Waals surface area contributed by atoms with Crippen molar-refractivity contribution in [1.82, 2.24) is 0 Å². The standard InChI is InChI=1S/C11H11NO2/c1-9(13)7-8-11(14)12-10-5-3-2-4-6-10/h2-6,9,13H,1H3,(H,12,14)/t9-/m1/s1. The van der Waals surface area contributed by atoms with Crippen molar-refractivity contribution in [3.63, 3.8) is 0 Å². The van der Waals surface area contributed by atoms with Gasteiger partial charge < -0.3 is 10.4 Å². The molecule has 0 saturated carbocycles. The quantitative estimate of drug-likeness (QED) is 0.648. The number of aliphatic hydroxyl groups is 1. The van der Waals surface area contributed by atoms with Crippen molar-refractivity contribution < 1.29 is 9.90 Å². The van der Waals surface area contributed by atoms with Crippen LogP contribution < -0.4 is 5.32 Å². The second-order valence-electron chi connectivity index (χ2n) is 2.77. The first-order valence-corrected chi connectivity index (χ1v) is 4.24. The van der Waals surface area contributed by atoms with Gasteiger partial charge in [0, 0.05) is 5.69 Å². The summed E-state index contributed by atoms with van der Waals surface area (Å²) in [5.41, 5.74) is 0.692. The molecule has 1 aromatic rings. The molecule has 0 unspecified atom stereocenters. The maximum atomic E-state index is 11.1. The van der Waals surface area contributed by atoms with Crippen molar-refractivity contribution in [3.8, 4) is 11.8 Å². The van der Waals surface area contributed by atoms with Crippen LogP contribution in [0.1, 0.15) is 6.92 Å². The fraction of sp³-hybridized carbons (Fsp3) is 0.182. The molecule has 0 radical (unpaired) electrons. The molecule has 72 valence electrons. The van der Waals surface area contributed by atoms with Crippen LogP contribution in [0.25, 0.3) is 0 Å². The van der Waals surface area contributed by atoms with Gasteiger partial charge in [-0.25, -0.2) is 0 Å². The molecule has 3 nitrogen and oxygen atoms in total. The minimum atomic E-state index is -0.781. The van der Waals surface area contributed by atoms with Gasteiger partial charge in [0.05, 0.1) is 0 Å². The van der Waals surface area contributed by atoms with Gasteiger partial charge >= 0.3 is 0 Å². The first-order chi connectivity index (χ1) is 6.68. The van der Waals surface area contributed by atoms with E-state index in [0.717, 1.165) is 0 Å². The first-order valence-electron chi connectivity index (χ1n) is 4.24. The Hall–Kier alpha value is -1.79. The predicted octanol–water partition coefficient (Wildman–Crippen LogP) is 1.01. The maximum Gasteiger partial charge on any atom is 0.300 e. The lowest BCUT2D eigenvalue weighted by Crippen LogP contribution is -2.09. The Morgan fingerprint density at radius 2 is 2.07 bits per heavy atom. The molecule has 0 saturated heterocycles. The maximum absolute atomic E-state index is 11.1. The van der Waals surface area contributed by atoms with E-state index in [1.165, 1.54) is 6.92 Å². The lowest BCUT2D eigenvalue weighted by molar-refractivity contribution is -0.111. The fourth-order valence-electron chi connectivity index (χ4n) is 0.854. The van der Waals surface area contributed by atoms with Gasteiger partial charge in [-0.1, -0.05) is 24.1 Å². The zero-order valence-electron chi connectivity index (χ0n) is 7.82. The minimum Gasteiger partial charge on any atom is -0.381 e. The number of carbonyl (C=O) groups is 1. The molecule has 0 spiro atoms. The zero-order chi connectivity index (χ0) is 10.4. The Labute approximate surface area is 82.8 Å². The van der Waals surface area contributed by atoms with E-state index in [0.29, 0.717) is 5.69 Å². The van der Waals surface area contributed by atoms with Crippen LogP contribution in [0, 0.1) is 11.8 Å². The Bertz CT molecular complexity index is 360. The highest BCUT2D eigenvalue weighted by atomic mass is 16.3. The van der Waals surface area contributed by atoms with Crippen molar-refractivity contribution in [2.24, 2.45) is 0 Å². The molecule has 1 atom stereocenters. The molecule has 0 aliphatic rings. The molecule has 0 aliphatic heterocycles. The van der Waals surface area contributed by atoms with Gasteiger partial charge in [-0.3, -0.25) is 4.79 Å². The molecule has 14 heavy (non-hydrogen) atoms. The zero-order valence-corrected chi connectivity index (χ0v) is 7.82. The van der Waals surface area contributed by atoms with Crippen LogP contribution in [0.5, 0.6) is 0 Å². The summed E-state index contributed by atoms with van der Waals surface area (Å²) >= 11 is 0. The van der Waals surface area contributed by atoms with E-state index in [4.69, 9.17) is 5.11 Å². The number of aliphatic hydroxyl groups excluding tert-OH is 1. The van der Waals surface area contributed by atoms with E-state index >= 15 is 0 Å². The number of anilines is 1. The molecule has 0 bridgehead atoms. The van der Waals surface area contributed by atoms with E-state index in [1.54, 1.807) is 12.1 Å². The second kappa shape index (κ2) is 5.05. The van der Waals surface area contributed by atoms with E-state index in [-0.39, 0.29) is 0 Å². The average molecular weight is 189 g/mol. The predicted molar refractivity (Wildman–Crippen MR) is 54.5 cm³/mol. The number of nitrogens with one attached hydrogen (secondary N) is 1. The topological polar surface area (TPSA) is 49.3 Å². The van der Waals surface area contributed by atoms with Gasteiger partial charge in [0.2, 0.25) is 0 Å². The molecular formula is C11H11NO2. The molecule has 1 amide bonds. The number of carbonyl (C=O) groups excluding carboxylic acids is 1. The number of benzene rings is 1. The van der Waals surface area contributed by atoms with Crippen molar-refractivity contribution in [2.75, 3.05) is 5.32 Å². The highest BCUT2D eigenvalue weighted by Crippen LogP contribution is 2.03. The van der Waals surface area contributed by atoms with Gasteiger partial charge in [-0.15, -0.1) is 0 Å². The van der Waals surface area contributed by atoms with Gasteiger partial charge in [-0.05, 0) is 25.0 Å². The highest BCUT2D eigenvalue weighted by molar-refractivity contribution is 6.03. The Morgan fingerprint density at radius 1 is 1.43 bits per heavy atom. The van der Waals surface area contributed by atoms with Gasteiger partial charge in [0.1, 0.15) is 6.10 Å². The largest absolute Gasteiger partial charge is 0.381 e. The van der Waals surface area contributed by atoms with Crippen molar-refractivity contribution >= 4 is 11.6 Å². The molecule has 2 N–H and O–H groups in total. The van der Waals surface area contributed by atoms with Gasteiger partial charge in [0.25, 0.3) is 5.91 Å². The van der Waals surface area contributed by atoms with Gasteiger partial charge in [-0.2, -0.15) is 0 Å². The monoisotopic (exact) mass is 189 g/mol. The smallest absolute Gasteiger partial charge is 0.300 e. The van der Waals surface area contributed by atoms with Crippen LogP contribution in [0.15, 0.2) is 30.3 Å². The van der Waals surface area contributed by atoms with Crippen LogP contribution in [0.2, 0.25) is 0 Å². The summed E-state index contributed by atoms with van der Waals surface area (Å²) in [6.07, 6.45) is -0.781. The summed E-state index contributed by atoms with van der Waals surface area (Å²) in [4.78, 5) is 11.1. The third kappa shape index (κ3) is 3.74. The Balaban J connectivity index is 2.56. The normalized spacial score (nSPS) is 11.0. The average Bonchev–Trinajstić information content (AvgIpc) is 2.16. The summed E-state index contributed by atoms with van der Waals surface area (Å²) in [5, 5.41) is 11.4. The molecule has 0 fully saturated rings. The van der Waals surface area contributed by atoms with Crippen LogP contribution in [0.4, 0.5) is 5.69 Å². The molecular weight excluding hydrogens is 178 g/mol. The molecule has 0 heterocycles. The number of amides is 1. The molecule has 3 heteroatoms. The van der Waals surface area contributed by atoms with Crippen LogP contribution in [-0.4, -0.2) is 17.1 Å². The summed E-state index contributed by atoms with van der Waals surface area (Å²) in [5.74, 6) is 4.22. The number of rotatable bonds is 1. The molecule has 0 aromatic heterocycles. The van der Waals surface area contributed by atoms with Gasteiger partial charge in [0.15, 0.2) is 0 Å². The minimum absolute atomic E-state index is 0.419. The van der Waals surface area contributed by atoms with Crippen LogP contribution >= 0.6 is 0 Å². The number of para-hydroxylation sites is 1. The SMILES string of the molecule is C[C@@H](O)C#CC(=O)Nc1ccccc1. The van der Waals surface area contributed by atoms with E-state index in [9.17, 15) is 4.79 Å². The third-order valence-corrected chi connectivity index (χ3v) is 1.43. The summed E-state index contributed by atoms with van der Waals surface area (Å²) < 4.78 is 0. The van der Waals surface area contributed by atoms with E-state index in [2.05, 4.69) is 17.2 Å². The summed E-state index contributed by atoms with van der Waals surface area (Å²) in [6.45, 7) is 1.50. The fourth-order valence-corrected chi connectivity index (χ4v) is 0.854. The Morgan fingerprint density at radius 3 is 2.64 bits per heavy atom. The molecule has 1 aromatic carbocycles. The highest BCUT2D eigenvalue weighted by Gasteiger charge is 1.95. The molecule has 1 rings (SSSR count). The van der Waals surface area contributed by atoms with Crippen molar-refractivity contribution in [3.05, 3.63) is 30.3 Å². The van der Waals surface area contributed by atoms with Crippen LogP contribution in [-0.2, 0) is 4.79 Å². The van der Waals surface area contributed by atoms with E-state index in [1.807, 2.05) is 18.2 Å².